The van der Waals surface area contributed by atoms with Crippen molar-refractivity contribution < 1.29 is 9.13 Å². The number of halogens is 2. The maximum absolute atomic E-state index is 13.3. The number of alkyl halides is 1. The van der Waals surface area contributed by atoms with Crippen molar-refractivity contribution in [2.24, 2.45) is 0 Å². The third-order valence-electron chi connectivity index (χ3n) is 5.10. The Hall–Kier alpha value is -1.77. The molecule has 0 unspecified atom stereocenters. The van der Waals surface area contributed by atoms with Gasteiger partial charge in [0.25, 0.3) is 0 Å². The Morgan fingerprint density at radius 2 is 2.00 bits per heavy atom. The van der Waals surface area contributed by atoms with Crippen LogP contribution in [0, 0.1) is 0 Å². The molecule has 154 valence electrons. The highest BCUT2D eigenvalue weighted by molar-refractivity contribution is 9.10. The van der Waals surface area contributed by atoms with Crippen LogP contribution in [-0.4, -0.2) is 48.7 Å². The molecule has 1 aliphatic rings. The molecule has 0 bridgehead atoms. The molecule has 0 spiro atoms. The quantitative estimate of drug-likeness (QED) is 0.341. The van der Waals surface area contributed by atoms with Gasteiger partial charge in [0, 0.05) is 36.3 Å². The maximum Gasteiger partial charge on any atom is 0.140 e. The minimum absolute atomic E-state index is 0.405. The summed E-state index contributed by atoms with van der Waals surface area (Å²) in [4.78, 5) is 6.35. The van der Waals surface area contributed by atoms with E-state index in [9.17, 15) is 4.39 Å². The lowest BCUT2D eigenvalue weighted by atomic mass is 10.1. The third-order valence-corrected chi connectivity index (χ3v) is 7.30. The van der Waals surface area contributed by atoms with Crippen LogP contribution in [0.15, 0.2) is 41.0 Å². The maximum atomic E-state index is 13.3. The summed E-state index contributed by atoms with van der Waals surface area (Å²) >= 11 is 3.57. The lowest BCUT2D eigenvalue weighted by Crippen LogP contribution is -2.48. The Bertz CT molecular complexity index is 1010. The first-order valence-electron chi connectivity index (χ1n) is 9.89. The van der Waals surface area contributed by atoms with Crippen LogP contribution in [0.4, 0.5) is 10.2 Å². The van der Waals surface area contributed by atoms with Gasteiger partial charge in [-0.1, -0.05) is 35.6 Å². The first-order chi connectivity index (χ1) is 13.8. The topological polar surface area (TPSA) is 43.2 Å². The summed E-state index contributed by atoms with van der Waals surface area (Å²) < 4.78 is 22.1. The van der Waals surface area contributed by atoms with E-state index in [1.165, 1.54) is 0 Å². The van der Waals surface area contributed by atoms with Crippen LogP contribution >= 0.6 is 15.9 Å². The van der Waals surface area contributed by atoms with Crippen molar-refractivity contribution in [3.05, 3.63) is 41.0 Å². The molecule has 29 heavy (non-hydrogen) atoms. The predicted molar refractivity (Wildman–Crippen MR) is 122 cm³/mol. The van der Waals surface area contributed by atoms with Crippen molar-refractivity contribution >= 4 is 40.7 Å². The zero-order valence-corrected chi connectivity index (χ0v) is 19.6. The molecule has 1 aliphatic heterocycles. The number of hydrogen-bond donors (Lipinski definition) is 0. The second-order valence-corrected chi connectivity index (χ2v) is 15.3. The second-order valence-electron chi connectivity index (χ2n) is 8.76. The fourth-order valence-corrected chi connectivity index (χ4v) is 4.46. The fourth-order valence-electron chi connectivity index (χ4n) is 3.34. The molecular formula is C21H26BrFN4OSi. The molecule has 1 saturated heterocycles. The van der Waals surface area contributed by atoms with Crippen molar-refractivity contribution in [2.45, 2.75) is 38.6 Å². The number of ether oxygens (including phenoxy) is 1. The molecule has 0 saturated carbocycles. The minimum Gasteiger partial charge on any atom is -0.360 e. The Kier molecular flexibility index (Phi) is 5.77. The molecule has 1 aromatic carbocycles. The Labute approximate surface area is 180 Å². The van der Waals surface area contributed by atoms with E-state index in [1.807, 2.05) is 27.8 Å². The van der Waals surface area contributed by atoms with E-state index in [4.69, 9.17) is 9.84 Å². The van der Waals surface area contributed by atoms with Crippen molar-refractivity contribution in [1.29, 1.82) is 0 Å². The van der Waals surface area contributed by atoms with Gasteiger partial charge in [0.1, 0.15) is 24.4 Å². The number of aromatic nitrogens is 3. The number of anilines is 1. The number of pyridine rings is 1. The molecule has 0 atom stereocenters. The molecular weight excluding hydrogens is 451 g/mol. The Morgan fingerprint density at radius 1 is 1.21 bits per heavy atom. The van der Waals surface area contributed by atoms with E-state index >= 15 is 0 Å². The van der Waals surface area contributed by atoms with E-state index < -0.39 is 14.2 Å². The molecule has 5 nitrogen and oxygen atoms in total. The van der Waals surface area contributed by atoms with E-state index in [-0.39, 0.29) is 0 Å². The van der Waals surface area contributed by atoms with Crippen molar-refractivity contribution in [3.8, 4) is 11.3 Å². The average Bonchev–Trinajstić information content (AvgIpc) is 3.00. The molecule has 2 aromatic heterocycles. The van der Waals surface area contributed by atoms with Gasteiger partial charge in [0.15, 0.2) is 0 Å². The highest BCUT2D eigenvalue weighted by atomic mass is 79.9. The number of rotatable bonds is 7. The van der Waals surface area contributed by atoms with Crippen LogP contribution < -0.4 is 4.90 Å². The van der Waals surface area contributed by atoms with E-state index in [0.717, 1.165) is 45.1 Å². The molecule has 3 heterocycles. The molecule has 0 radical (unpaired) electrons. The van der Waals surface area contributed by atoms with Crippen molar-refractivity contribution in [1.82, 2.24) is 14.8 Å². The first kappa shape index (κ1) is 20.5. The van der Waals surface area contributed by atoms with Crippen LogP contribution in [0.2, 0.25) is 25.7 Å². The smallest absolute Gasteiger partial charge is 0.140 e. The van der Waals surface area contributed by atoms with Crippen LogP contribution in [0.1, 0.15) is 0 Å². The molecule has 0 aliphatic carbocycles. The lowest BCUT2D eigenvalue weighted by Gasteiger charge is -2.35. The summed E-state index contributed by atoms with van der Waals surface area (Å²) in [5.41, 5.74) is 2.89. The molecule has 0 amide bonds. The Balaban J connectivity index is 1.62. The summed E-state index contributed by atoms with van der Waals surface area (Å²) in [6, 6.07) is 11.2. The van der Waals surface area contributed by atoms with Crippen molar-refractivity contribution in [2.75, 3.05) is 24.6 Å². The standard InChI is InChI=1S/C21H26BrFN4OSi/c1-29(2,3)9-8-28-14-27-19-5-4-16(22)11-18(19)21(25-27)15-6-7-24-20(10-15)26-12-17(23)13-26/h4-7,10-11,17H,8-9,12-14H2,1-3H3. The van der Waals surface area contributed by atoms with Gasteiger partial charge in [-0.25, -0.2) is 14.1 Å². The summed E-state index contributed by atoms with van der Waals surface area (Å²) in [6.07, 6.45) is 1.01. The number of benzene rings is 1. The van der Waals surface area contributed by atoms with Gasteiger partial charge >= 0.3 is 0 Å². The first-order valence-corrected chi connectivity index (χ1v) is 14.4. The molecule has 1 fully saturated rings. The van der Waals surface area contributed by atoms with Crippen LogP contribution in [0.3, 0.4) is 0 Å². The van der Waals surface area contributed by atoms with Crippen LogP contribution in [0.25, 0.3) is 22.2 Å². The van der Waals surface area contributed by atoms with Gasteiger partial charge < -0.3 is 9.64 Å². The zero-order chi connectivity index (χ0) is 20.6. The van der Waals surface area contributed by atoms with Gasteiger partial charge in [-0.2, -0.15) is 5.10 Å². The van der Waals surface area contributed by atoms with Crippen LogP contribution in [0.5, 0.6) is 0 Å². The van der Waals surface area contributed by atoms with Gasteiger partial charge in [-0.15, -0.1) is 0 Å². The van der Waals surface area contributed by atoms with Crippen LogP contribution in [-0.2, 0) is 11.5 Å². The zero-order valence-electron chi connectivity index (χ0n) is 17.0. The highest BCUT2D eigenvalue weighted by Crippen LogP contribution is 2.32. The largest absolute Gasteiger partial charge is 0.360 e. The predicted octanol–water partition coefficient (Wildman–Crippen LogP) is 5.33. The van der Waals surface area contributed by atoms with Crippen molar-refractivity contribution in [3.63, 3.8) is 0 Å². The summed E-state index contributed by atoms with van der Waals surface area (Å²) in [5.74, 6) is 0.792. The average molecular weight is 477 g/mol. The van der Waals surface area contributed by atoms with Gasteiger partial charge in [-0.3, -0.25) is 0 Å². The Morgan fingerprint density at radius 3 is 2.72 bits per heavy atom. The number of hydrogen-bond acceptors (Lipinski definition) is 4. The van der Waals surface area contributed by atoms with E-state index in [0.29, 0.717) is 19.8 Å². The normalized spacial score (nSPS) is 15.1. The number of fused-ring (bicyclic) bond motifs is 1. The van der Waals surface area contributed by atoms with Gasteiger partial charge in [-0.05, 0) is 36.4 Å². The monoisotopic (exact) mass is 476 g/mol. The third kappa shape index (κ3) is 4.70. The molecule has 4 rings (SSSR count). The molecule has 8 heteroatoms. The van der Waals surface area contributed by atoms with E-state index in [2.05, 4.69) is 52.7 Å². The molecule has 0 N–H and O–H groups in total. The second kappa shape index (κ2) is 8.16. The summed E-state index contributed by atoms with van der Waals surface area (Å²) in [7, 11) is -1.12. The summed E-state index contributed by atoms with van der Waals surface area (Å²) in [5, 5.41) is 5.91. The molecule has 3 aromatic rings. The highest BCUT2D eigenvalue weighted by Gasteiger charge is 2.27. The summed E-state index contributed by atoms with van der Waals surface area (Å²) in [6.45, 7) is 9.03. The number of nitrogens with zero attached hydrogens (tertiary/aromatic N) is 4. The fraction of sp³-hybridized carbons (Fsp3) is 0.429. The SMILES string of the molecule is C[Si](C)(C)CCOCn1nc(-c2ccnc(N3CC(F)C3)c2)c2cc(Br)ccc21. The minimum atomic E-state index is -1.12. The lowest BCUT2D eigenvalue weighted by molar-refractivity contribution is 0.0818. The van der Waals surface area contributed by atoms with E-state index in [1.54, 1.807) is 6.20 Å². The van der Waals surface area contributed by atoms with Gasteiger partial charge in [0.05, 0.1) is 18.6 Å². The van der Waals surface area contributed by atoms with Gasteiger partial charge in [0.2, 0.25) is 0 Å².